The number of benzene rings is 1. The maximum Gasteiger partial charge on any atom is 0.0992 e. The van der Waals surface area contributed by atoms with Gasteiger partial charge in [-0.05, 0) is 50.5 Å². The third-order valence-electron chi connectivity index (χ3n) is 3.93. The predicted molar refractivity (Wildman–Crippen MR) is 79.7 cm³/mol. The molecular formula is C16H18N4. The van der Waals surface area contributed by atoms with E-state index in [0.29, 0.717) is 5.56 Å². The number of aromatic amines is 1. The van der Waals surface area contributed by atoms with Crippen LogP contribution in [0.4, 0.5) is 5.69 Å². The summed E-state index contributed by atoms with van der Waals surface area (Å²) in [4.78, 5) is 2.36. The minimum absolute atomic E-state index is 0.712. The van der Waals surface area contributed by atoms with Gasteiger partial charge in [0.05, 0.1) is 17.3 Å². The third-order valence-corrected chi connectivity index (χ3v) is 3.93. The molecule has 4 heteroatoms. The molecule has 1 N–H and O–H groups in total. The topological polar surface area (TPSA) is 55.7 Å². The minimum atomic E-state index is 0.712. The fraction of sp³-hybridized carbons (Fsp3) is 0.375. The van der Waals surface area contributed by atoms with Crippen molar-refractivity contribution in [1.82, 2.24) is 10.2 Å². The first-order valence-electron chi connectivity index (χ1n) is 7.01. The lowest BCUT2D eigenvalue weighted by Gasteiger charge is -2.19. The molecule has 2 heterocycles. The zero-order valence-electron chi connectivity index (χ0n) is 11.9. The van der Waals surface area contributed by atoms with Crippen LogP contribution in [-0.2, 0) is 0 Å². The zero-order valence-corrected chi connectivity index (χ0v) is 11.9. The fourth-order valence-electron chi connectivity index (χ4n) is 2.95. The average Bonchev–Trinajstić information content (AvgIpc) is 3.09. The molecule has 102 valence electrons. The minimum Gasteiger partial charge on any atom is -0.371 e. The standard InChI is InChI=1S/C16H18N4/c1-11-16(12(2)19-18-11)14-7-13(10-17)8-15(9-14)20-5-3-4-6-20/h7-9H,3-6H2,1-2H3,(H,18,19). The molecule has 3 rings (SSSR count). The maximum atomic E-state index is 9.27. The van der Waals surface area contributed by atoms with Gasteiger partial charge >= 0.3 is 0 Å². The molecule has 1 aromatic heterocycles. The molecule has 2 aromatic rings. The largest absolute Gasteiger partial charge is 0.371 e. The van der Waals surface area contributed by atoms with E-state index in [-0.39, 0.29) is 0 Å². The first-order valence-corrected chi connectivity index (χ1v) is 7.01. The van der Waals surface area contributed by atoms with E-state index >= 15 is 0 Å². The normalized spacial score (nSPS) is 14.6. The summed E-state index contributed by atoms with van der Waals surface area (Å²) >= 11 is 0. The number of anilines is 1. The van der Waals surface area contributed by atoms with Crippen molar-refractivity contribution in [2.75, 3.05) is 18.0 Å². The van der Waals surface area contributed by atoms with E-state index in [1.165, 1.54) is 12.8 Å². The Kier molecular flexibility index (Phi) is 3.19. The van der Waals surface area contributed by atoms with Crippen LogP contribution in [0.3, 0.4) is 0 Å². The van der Waals surface area contributed by atoms with Crippen LogP contribution in [0, 0.1) is 25.2 Å². The number of hydrogen-bond donors (Lipinski definition) is 1. The SMILES string of the molecule is Cc1n[nH]c(C)c1-c1cc(C#N)cc(N2CCCC2)c1. The molecule has 1 aromatic carbocycles. The Morgan fingerprint density at radius 1 is 1.20 bits per heavy atom. The van der Waals surface area contributed by atoms with E-state index in [0.717, 1.165) is 41.3 Å². The maximum absolute atomic E-state index is 9.27. The summed E-state index contributed by atoms with van der Waals surface area (Å²) in [5.74, 6) is 0. The molecule has 4 nitrogen and oxygen atoms in total. The van der Waals surface area contributed by atoms with Crippen LogP contribution in [0.5, 0.6) is 0 Å². The molecule has 0 bridgehead atoms. The van der Waals surface area contributed by atoms with Crippen molar-refractivity contribution in [3.05, 3.63) is 35.2 Å². The summed E-state index contributed by atoms with van der Waals surface area (Å²) in [5.41, 5.74) is 6.08. The van der Waals surface area contributed by atoms with E-state index in [1.54, 1.807) is 0 Å². The Labute approximate surface area is 119 Å². The van der Waals surface area contributed by atoms with Crippen LogP contribution in [0.1, 0.15) is 29.8 Å². The quantitative estimate of drug-likeness (QED) is 0.908. The van der Waals surface area contributed by atoms with E-state index in [4.69, 9.17) is 0 Å². The van der Waals surface area contributed by atoms with Crippen LogP contribution in [-0.4, -0.2) is 23.3 Å². The summed E-state index contributed by atoms with van der Waals surface area (Å²) in [6.45, 7) is 6.17. The Morgan fingerprint density at radius 2 is 1.95 bits per heavy atom. The van der Waals surface area contributed by atoms with E-state index < -0.39 is 0 Å². The second kappa shape index (κ2) is 5.01. The number of hydrogen-bond acceptors (Lipinski definition) is 3. The van der Waals surface area contributed by atoms with Gasteiger partial charge in [0, 0.05) is 30.0 Å². The molecule has 0 radical (unpaired) electrons. The Morgan fingerprint density at radius 3 is 2.55 bits per heavy atom. The van der Waals surface area contributed by atoms with Crippen LogP contribution in [0.15, 0.2) is 18.2 Å². The van der Waals surface area contributed by atoms with Crippen molar-refractivity contribution in [1.29, 1.82) is 5.26 Å². The number of rotatable bonds is 2. The molecule has 1 aliphatic rings. The third kappa shape index (κ3) is 2.16. The Bertz CT molecular complexity index is 653. The molecule has 0 atom stereocenters. The monoisotopic (exact) mass is 266 g/mol. The van der Waals surface area contributed by atoms with Crippen molar-refractivity contribution in [2.24, 2.45) is 0 Å². The lowest BCUT2D eigenvalue weighted by atomic mass is 10.0. The Hall–Kier alpha value is -2.28. The summed E-state index contributed by atoms with van der Waals surface area (Å²) in [5, 5.41) is 16.5. The average molecular weight is 266 g/mol. The molecule has 1 aliphatic heterocycles. The van der Waals surface area contributed by atoms with Crippen LogP contribution in [0.2, 0.25) is 0 Å². The van der Waals surface area contributed by atoms with Gasteiger partial charge in [-0.25, -0.2) is 0 Å². The molecule has 20 heavy (non-hydrogen) atoms. The molecule has 0 saturated carbocycles. The smallest absolute Gasteiger partial charge is 0.0992 e. The highest BCUT2D eigenvalue weighted by Gasteiger charge is 2.16. The van der Waals surface area contributed by atoms with Crippen molar-refractivity contribution >= 4 is 5.69 Å². The fourth-order valence-corrected chi connectivity index (χ4v) is 2.95. The summed E-state index contributed by atoms with van der Waals surface area (Å²) in [6.07, 6.45) is 2.46. The highest BCUT2D eigenvalue weighted by Crippen LogP contribution is 2.31. The molecule has 0 aliphatic carbocycles. The number of nitrogens with zero attached hydrogens (tertiary/aromatic N) is 3. The summed E-state index contributed by atoms with van der Waals surface area (Å²) in [6, 6.07) is 8.39. The van der Waals surface area contributed by atoms with Crippen molar-refractivity contribution in [3.8, 4) is 17.2 Å². The molecule has 1 fully saturated rings. The van der Waals surface area contributed by atoms with Gasteiger partial charge in [-0.3, -0.25) is 5.10 Å². The number of nitrogens with one attached hydrogen (secondary N) is 1. The van der Waals surface area contributed by atoms with Gasteiger partial charge in [0.2, 0.25) is 0 Å². The zero-order chi connectivity index (χ0) is 14.1. The molecule has 0 amide bonds. The molecule has 0 spiro atoms. The first kappa shape index (κ1) is 12.7. The number of nitriles is 1. The van der Waals surface area contributed by atoms with Crippen LogP contribution >= 0.6 is 0 Å². The number of aromatic nitrogens is 2. The lowest BCUT2D eigenvalue weighted by molar-refractivity contribution is 0.949. The highest BCUT2D eigenvalue weighted by atomic mass is 15.1. The van der Waals surface area contributed by atoms with Gasteiger partial charge in [-0.15, -0.1) is 0 Å². The van der Waals surface area contributed by atoms with E-state index in [9.17, 15) is 5.26 Å². The van der Waals surface area contributed by atoms with Gasteiger partial charge < -0.3 is 4.90 Å². The van der Waals surface area contributed by atoms with Crippen molar-refractivity contribution < 1.29 is 0 Å². The number of H-pyrrole nitrogens is 1. The van der Waals surface area contributed by atoms with Crippen LogP contribution in [0.25, 0.3) is 11.1 Å². The van der Waals surface area contributed by atoms with Gasteiger partial charge in [0.25, 0.3) is 0 Å². The predicted octanol–water partition coefficient (Wildman–Crippen LogP) is 3.17. The highest BCUT2D eigenvalue weighted by molar-refractivity contribution is 5.74. The van der Waals surface area contributed by atoms with Gasteiger partial charge in [-0.2, -0.15) is 10.4 Å². The van der Waals surface area contributed by atoms with E-state index in [2.05, 4.69) is 27.2 Å². The lowest BCUT2D eigenvalue weighted by Crippen LogP contribution is -2.17. The van der Waals surface area contributed by atoms with Gasteiger partial charge in [-0.1, -0.05) is 0 Å². The van der Waals surface area contributed by atoms with E-state index in [1.807, 2.05) is 26.0 Å². The van der Waals surface area contributed by atoms with Gasteiger partial charge in [0.15, 0.2) is 0 Å². The molecular weight excluding hydrogens is 248 g/mol. The first-order chi connectivity index (χ1) is 9.69. The Balaban J connectivity index is 2.11. The summed E-state index contributed by atoms with van der Waals surface area (Å²) in [7, 11) is 0. The molecule has 0 unspecified atom stereocenters. The van der Waals surface area contributed by atoms with Crippen molar-refractivity contribution in [3.63, 3.8) is 0 Å². The van der Waals surface area contributed by atoms with Crippen LogP contribution < -0.4 is 4.90 Å². The van der Waals surface area contributed by atoms with Crippen molar-refractivity contribution in [2.45, 2.75) is 26.7 Å². The molecule has 1 saturated heterocycles. The second-order valence-corrected chi connectivity index (χ2v) is 5.38. The number of aryl methyl sites for hydroxylation is 2. The van der Waals surface area contributed by atoms with Gasteiger partial charge in [0.1, 0.15) is 0 Å². The second-order valence-electron chi connectivity index (χ2n) is 5.38. The summed E-state index contributed by atoms with van der Waals surface area (Å²) < 4.78 is 0.